The van der Waals surface area contributed by atoms with Crippen LogP contribution in [0.15, 0.2) is 11.3 Å². The number of carbonyl (C=O) groups excluding carboxylic acids is 2. The number of nitrogens with two attached hydrogens (primary N) is 1. The molecule has 0 bridgehead atoms. The molecule has 3 N–H and O–H groups in total. The van der Waals surface area contributed by atoms with E-state index in [0.717, 1.165) is 0 Å². The van der Waals surface area contributed by atoms with Gasteiger partial charge in [0.05, 0.1) is 31.1 Å². The van der Waals surface area contributed by atoms with Gasteiger partial charge in [-0.15, -0.1) is 0 Å². The molecule has 0 spiro atoms. The maximum Gasteiger partial charge on any atom is 0.337 e. The van der Waals surface area contributed by atoms with Gasteiger partial charge in [-0.05, 0) is 6.92 Å². The van der Waals surface area contributed by atoms with E-state index in [-0.39, 0.29) is 12.7 Å². The largest absolute Gasteiger partial charge is 0.466 e. The molecule has 6 nitrogen and oxygen atoms in total. The summed E-state index contributed by atoms with van der Waals surface area (Å²) in [7, 11) is 1.26. The zero-order valence-corrected chi connectivity index (χ0v) is 7.99. The van der Waals surface area contributed by atoms with Gasteiger partial charge in [0.15, 0.2) is 0 Å². The third-order valence-corrected chi connectivity index (χ3v) is 1.90. The van der Waals surface area contributed by atoms with Gasteiger partial charge in [0.2, 0.25) is 0 Å². The Morgan fingerprint density at radius 2 is 2.29 bits per heavy atom. The van der Waals surface area contributed by atoms with Crippen LogP contribution in [0.1, 0.15) is 6.92 Å². The standard InChI is InChI=1S/C8H12N2O4/c1-4-6(10-8(9)12)5(3-14-4)7(11)13-2/h4H,3H2,1-2H3,(H3,9,10,12). The molecule has 78 valence electrons. The summed E-state index contributed by atoms with van der Waals surface area (Å²) in [5.41, 5.74) is 5.63. The molecule has 14 heavy (non-hydrogen) atoms. The van der Waals surface area contributed by atoms with Gasteiger partial charge in [0.1, 0.15) is 0 Å². The molecule has 0 saturated heterocycles. The second-order valence-electron chi connectivity index (χ2n) is 2.83. The van der Waals surface area contributed by atoms with E-state index >= 15 is 0 Å². The summed E-state index contributed by atoms with van der Waals surface area (Å²) in [6.45, 7) is 1.84. The highest BCUT2D eigenvalue weighted by Gasteiger charge is 2.28. The first-order valence-electron chi connectivity index (χ1n) is 4.05. The fraction of sp³-hybridized carbons (Fsp3) is 0.500. The van der Waals surface area contributed by atoms with Crippen LogP contribution in [0.5, 0.6) is 0 Å². The summed E-state index contributed by atoms with van der Waals surface area (Å²) in [6.07, 6.45) is -0.350. The van der Waals surface area contributed by atoms with Crippen molar-refractivity contribution in [2.75, 3.05) is 13.7 Å². The Hall–Kier alpha value is -1.56. The maximum absolute atomic E-state index is 11.2. The molecule has 1 aliphatic heterocycles. The quantitative estimate of drug-likeness (QED) is 0.588. The number of hydrogen-bond donors (Lipinski definition) is 2. The molecule has 0 aliphatic carbocycles. The van der Waals surface area contributed by atoms with Crippen molar-refractivity contribution in [3.8, 4) is 0 Å². The van der Waals surface area contributed by atoms with E-state index in [2.05, 4.69) is 10.1 Å². The van der Waals surface area contributed by atoms with Crippen LogP contribution < -0.4 is 11.1 Å². The molecule has 1 heterocycles. The van der Waals surface area contributed by atoms with Crippen molar-refractivity contribution in [1.29, 1.82) is 0 Å². The first kappa shape index (κ1) is 10.5. The molecule has 1 aliphatic rings. The highest BCUT2D eigenvalue weighted by Crippen LogP contribution is 2.19. The topological polar surface area (TPSA) is 90.6 Å². The summed E-state index contributed by atoms with van der Waals surface area (Å²) in [4.78, 5) is 21.8. The van der Waals surface area contributed by atoms with E-state index in [1.54, 1.807) is 6.92 Å². The van der Waals surface area contributed by atoms with Crippen LogP contribution >= 0.6 is 0 Å². The molecular weight excluding hydrogens is 188 g/mol. The fourth-order valence-corrected chi connectivity index (χ4v) is 1.22. The Balaban J connectivity index is 2.90. The van der Waals surface area contributed by atoms with Gasteiger partial charge in [0, 0.05) is 0 Å². The number of ether oxygens (including phenoxy) is 2. The Morgan fingerprint density at radius 3 is 2.79 bits per heavy atom. The lowest BCUT2D eigenvalue weighted by molar-refractivity contribution is -0.136. The second-order valence-corrected chi connectivity index (χ2v) is 2.83. The van der Waals surface area contributed by atoms with Crippen LogP contribution in [0.3, 0.4) is 0 Å². The van der Waals surface area contributed by atoms with E-state index in [4.69, 9.17) is 10.5 Å². The van der Waals surface area contributed by atoms with Crippen LogP contribution in [-0.2, 0) is 14.3 Å². The Labute approximate surface area is 81.0 Å². The molecule has 1 unspecified atom stereocenters. The molecule has 1 atom stereocenters. The number of carbonyl (C=O) groups is 2. The highest BCUT2D eigenvalue weighted by molar-refractivity contribution is 5.91. The number of methoxy groups -OCH3 is 1. The Bertz CT molecular complexity index is 298. The third kappa shape index (κ3) is 2.02. The van der Waals surface area contributed by atoms with Crippen LogP contribution in [-0.4, -0.2) is 31.8 Å². The fourth-order valence-electron chi connectivity index (χ4n) is 1.22. The van der Waals surface area contributed by atoms with Crippen molar-refractivity contribution in [2.45, 2.75) is 13.0 Å². The maximum atomic E-state index is 11.2. The van der Waals surface area contributed by atoms with Crippen LogP contribution in [0, 0.1) is 0 Å². The number of urea groups is 1. The molecule has 0 aromatic rings. The molecular formula is C8H12N2O4. The lowest BCUT2D eigenvalue weighted by Crippen LogP contribution is -2.33. The van der Waals surface area contributed by atoms with Gasteiger partial charge < -0.3 is 20.5 Å². The summed E-state index contributed by atoms with van der Waals surface area (Å²) < 4.78 is 9.68. The van der Waals surface area contributed by atoms with Crippen molar-refractivity contribution in [3.05, 3.63) is 11.3 Å². The Morgan fingerprint density at radius 1 is 1.64 bits per heavy atom. The smallest absolute Gasteiger partial charge is 0.337 e. The van der Waals surface area contributed by atoms with Crippen LogP contribution in [0.2, 0.25) is 0 Å². The van der Waals surface area contributed by atoms with Gasteiger partial charge in [-0.2, -0.15) is 0 Å². The van der Waals surface area contributed by atoms with Crippen molar-refractivity contribution in [2.24, 2.45) is 5.73 Å². The monoisotopic (exact) mass is 200 g/mol. The average molecular weight is 200 g/mol. The molecule has 0 aromatic carbocycles. The van der Waals surface area contributed by atoms with Gasteiger partial charge in [-0.3, -0.25) is 0 Å². The van der Waals surface area contributed by atoms with Gasteiger partial charge in [-0.1, -0.05) is 0 Å². The molecule has 2 amide bonds. The van der Waals surface area contributed by atoms with Gasteiger partial charge in [-0.25, -0.2) is 9.59 Å². The number of amides is 2. The summed E-state index contributed by atoms with van der Waals surface area (Å²) in [5, 5.41) is 2.35. The van der Waals surface area contributed by atoms with Gasteiger partial charge >= 0.3 is 12.0 Å². The van der Waals surface area contributed by atoms with E-state index < -0.39 is 12.0 Å². The highest BCUT2D eigenvalue weighted by atomic mass is 16.5. The van der Waals surface area contributed by atoms with E-state index in [1.165, 1.54) is 7.11 Å². The predicted molar refractivity (Wildman–Crippen MR) is 47.2 cm³/mol. The normalized spacial score (nSPS) is 20.9. The number of esters is 1. The number of primary amides is 1. The molecule has 0 radical (unpaired) electrons. The first-order valence-corrected chi connectivity index (χ1v) is 4.05. The summed E-state index contributed by atoms with van der Waals surface area (Å²) in [5.74, 6) is -0.516. The second kappa shape index (κ2) is 4.10. The zero-order valence-electron chi connectivity index (χ0n) is 7.99. The number of nitrogens with one attached hydrogen (secondary N) is 1. The summed E-state index contributed by atoms with van der Waals surface area (Å²) in [6, 6.07) is -0.723. The minimum Gasteiger partial charge on any atom is -0.466 e. The van der Waals surface area contributed by atoms with Crippen molar-refractivity contribution < 1.29 is 19.1 Å². The first-order chi connectivity index (χ1) is 6.56. The predicted octanol–water partition coefficient (Wildman–Crippen LogP) is -0.500. The molecule has 0 aromatic heterocycles. The van der Waals surface area contributed by atoms with Crippen LogP contribution in [0.4, 0.5) is 4.79 Å². The lowest BCUT2D eigenvalue weighted by Gasteiger charge is -2.08. The Kier molecular flexibility index (Phi) is 3.08. The molecule has 0 fully saturated rings. The van der Waals surface area contributed by atoms with Gasteiger partial charge in [0.25, 0.3) is 0 Å². The summed E-state index contributed by atoms with van der Waals surface area (Å²) >= 11 is 0. The van der Waals surface area contributed by atoms with E-state index in [0.29, 0.717) is 11.3 Å². The lowest BCUT2D eigenvalue weighted by atomic mass is 10.2. The molecule has 0 saturated carbocycles. The van der Waals surface area contributed by atoms with Crippen molar-refractivity contribution in [1.82, 2.24) is 5.32 Å². The van der Waals surface area contributed by atoms with E-state index in [9.17, 15) is 9.59 Å². The molecule has 6 heteroatoms. The van der Waals surface area contributed by atoms with Crippen molar-refractivity contribution in [3.63, 3.8) is 0 Å². The van der Waals surface area contributed by atoms with Crippen molar-refractivity contribution >= 4 is 12.0 Å². The van der Waals surface area contributed by atoms with Crippen LogP contribution in [0.25, 0.3) is 0 Å². The average Bonchev–Trinajstić information content (AvgIpc) is 2.46. The minimum absolute atomic E-state index is 0.128. The zero-order chi connectivity index (χ0) is 10.7. The molecule has 1 rings (SSSR count). The minimum atomic E-state index is -0.723. The van der Waals surface area contributed by atoms with E-state index in [1.807, 2.05) is 0 Å². The SMILES string of the molecule is COC(=O)C1=C(NC(N)=O)C(C)OC1. The third-order valence-electron chi connectivity index (χ3n) is 1.90. The number of rotatable bonds is 2. The number of hydrogen-bond acceptors (Lipinski definition) is 4.